The Hall–Kier alpha value is -2.87. The number of amides is 1. The molecule has 0 bridgehead atoms. The van der Waals surface area contributed by atoms with Crippen molar-refractivity contribution in [1.82, 2.24) is 24.8 Å². The Bertz CT molecular complexity index is 1040. The van der Waals surface area contributed by atoms with Crippen LogP contribution in [0.5, 0.6) is 0 Å². The molecule has 0 unspecified atom stereocenters. The third-order valence-electron chi connectivity index (χ3n) is 5.22. The molecule has 8 heteroatoms. The summed E-state index contributed by atoms with van der Waals surface area (Å²) in [5.41, 5.74) is 3.19. The van der Waals surface area contributed by atoms with Crippen LogP contribution >= 0.6 is 11.3 Å². The molecule has 0 spiro atoms. The fourth-order valence-corrected chi connectivity index (χ4v) is 4.43. The van der Waals surface area contributed by atoms with Crippen LogP contribution in [0.15, 0.2) is 24.4 Å². The molecule has 1 atom stereocenters. The molecule has 1 fully saturated rings. The lowest BCUT2D eigenvalue weighted by Crippen LogP contribution is -2.32. The average molecular weight is 409 g/mol. The normalized spacial score (nSPS) is 16.3. The second-order valence-corrected chi connectivity index (χ2v) is 8.51. The Balaban J connectivity index is 1.57. The number of likely N-dealkylation sites (tertiary alicyclic amines) is 1. The predicted octanol–water partition coefficient (Wildman–Crippen LogP) is 4.28. The lowest BCUT2D eigenvalue weighted by atomic mass is 10.1. The Morgan fingerprint density at radius 2 is 1.97 bits per heavy atom. The molecule has 0 saturated carbocycles. The van der Waals surface area contributed by atoms with E-state index in [0.29, 0.717) is 23.6 Å². The third-order valence-corrected chi connectivity index (χ3v) is 6.21. The molecule has 7 nitrogen and oxygen atoms in total. The van der Waals surface area contributed by atoms with Crippen LogP contribution < -0.4 is 5.32 Å². The Morgan fingerprint density at radius 1 is 1.14 bits per heavy atom. The second kappa shape index (κ2) is 7.87. The van der Waals surface area contributed by atoms with E-state index < -0.39 is 0 Å². The van der Waals surface area contributed by atoms with E-state index in [0.717, 1.165) is 35.2 Å². The van der Waals surface area contributed by atoms with Gasteiger partial charge in [0.15, 0.2) is 5.13 Å². The maximum absolute atomic E-state index is 13.2. The number of aryl methyl sites for hydroxylation is 4. The summed E-state index contributed by atoms with van der Waals surface area (Å²) in [7, 11) is 0. The van der Waals surface area contributed by atoms with Crippen LogP contribution in [0.25, 0.3) is 0 Å². The highest BCUT2D eigenvalue weighted by molar-refractivity contribution is 7.15. The summed E-state index contributed by atoms with van der Waals surface area (Å²) < 4.78 is 0. The molecule has 1 aliphatic heterocycles. The van der Waals surface area contributed by atoms with Crippen LogP contribution in [0.1, 0.15) is 57.0 Å². The molecule has 1 aliphatic rings. The third kappa shape index (κ3) is 3.98. The number of carbonyl (C=O) groups excluding carboxylic acids is 1. The van der Waals surface area contributed by atoms with Crippen LogP contribution in [0.4, 0.5) is 10.9 Å². The lowest BCUT2D eigenvalue weighted by molar-refractivity contribution is 0.0731. The molecule has 150 valence electrons. The molecule has 4 rings (SSSR count). The minimum atomic E-state index is -0.0512. The number of nitrogens with one attached hydrogen (secondary N) is 1. The van der Waals surface area contributed by atoms with Crippen LogP contribution in [0, 0.1) is 27.7 Å². The number of rotatable bonds is 4. The molecular weight excluding hydrogens is 384 g/mol. The fraction of sp³-hybridized carbons (Fsp3) is 0.381. The van der Waals surface area contributed by atoms with Gasteiger partial charge in [-0.05, 0) is 52.7 Å². The molecule has 0 aliphatic carbocycles. The van der Waals surface area contributed by atoms with Crippen molar-refractivity contribution < 1.29 is 4.79 Å². The van der Waals surface area contributed by atoms with E-state index in [1.165, 1.54) is 4.88 Å². The predicted molar refractivity (Wildman–Crippen MR) is 114 cm³/mol. The van der Waals surface area contributed by atoms with E-state index >= 15 is 0 Å². The highest BCUT2D eigenvalue weighted by Crippen LogP contribution is 2.33. The van der Waals surface area contributed by atoms with Crippen molar-refractivity contribution in [3.05, 3.63) is 57.7 Å². The van der Waals surface area contributed by atoms with Crippen molar-refractivity contribution >= 4 is 28.2 Å². The molecule has 3 aromatic rings. The van der Waals surface area contributed by atoms with E-state index in [9.17, 15) is 4.79 Å². The number of hydrogen-bond donors (Lipinski definition) is 1. The molecule has 4 heterocycles. The van der Waals surface area contributed by atoms with Gasteiger partial charge in [-0.3, -0.25) is 4.79 Å². The first-order chi connectivity index (χ1) is 13.9. The van der Waals surface area contributed by atoms with E-state index in [2.05, 4.69) is 27.2 Å². The summed E-state index contributed by atoms with van der Waals surface area (Å²) in [5, 5.41) is 4.12. The quantitative estimate of drug-likeness (QED) is 0.694. The molecule has 1 amide bonds. The van der Waals surface area contributed by atoms with E-state index in [4.69, 9.17) is 4.98 Å². The van der Waals surface area contributed by atoms with Gasteiger partial charge in [-0.15, -0.1) is 11.3 Å². The van der Waals surface area contributed by atoms with Gasteiger partial charge in [0, 0.05) is 17.6 Å². The molecule has 29 heavy (non-hydrogen) atoms. The standard InChI is InChI=1S/C21H24N6OS/c1-12-14(3)29-21(24-12)26-19-9-5-7-17(25-19)18-8-6-10-27(18)20(28)16-11-22-15(4)23-13(16)2/h5,7,9,11,18H,6,8,10H2,1-4H3,(H,24,25,26)/t18-/m1/s1. The summed E-state index contributed by atoms with van der Waals surface area (Å²) in [5.74, 6) is 1.38. The van der Waals surface area contributed by atoms with Crippen molar-refractivity contribution in [2.75, 3.05) is 11.9 Å². The number of anilines is 2. The molecular formula is C21H24N6OS. The minimum absolute atomic E-state index is 0.0312. The minimum Gasteiger partial charge on any atom is -0.330 e. The van der Waals surface area contributed by atoms with Crippen LogP contribution in [-0.4, -0.2) is 37.3 Å². The molecule has 0 radical (unpaired) electrons. The van der Waals surface area contributed by atoms with Crippen molar-refractivity contribution in [3.8, 4) is 0 Å². The number of carbonyl (C=O) groups is 1. The highest BCUT2D eigenvalue weighted by atomic mass is 32.1. The fourth-order valence-electron chi connectivity index (χ4n) is 3.61. The topological polar surface area (TPSA) is 83.9 Å². The highest BCUT2D eigenvalue weighted by Gasteiger charge is 2.32. The Labute approximate surface area is 174 Å². The number of pyridine rings is 1. The number of nitrogens with zero attached hydrogens (tertiary/aromatic N) is 5. The molecule has 3 aromatic heterocycles. The van der Waals surface area contributed by atoms with Crippen LogP contribution in [-0.2, 0) is 0 Å². The Morgan fingerprint density at radius 3 is 2.69 bits per heavy atom. The van der Waals surface area contributed by atoms with Gasteiger partial charge in [0.25, 0.3) is 5.91 Å². The van der Waals surface area contributed by atoms with Crippen LogP contribution in [0.3, 0.4) is 0 Å². The zero-order chi connectivity index (χ0) is 20.5. The second-order valence-electron chi connectivity index (χ2n) is 7.31. The van der Waals surface area contributed by atoms with Crippen molar-refractivity contribution in [3.63, 3.8) is 0 Å². The SMILES string of the molecule is Cc1ncc(C(=O)N2CCC[C@@H]2c2cccc(Nc3nc(C)c(C)s3)n2)c(C)n1. The number of hydrogen-bond acceptors (Lipinski definition) is 7. The van der Waals surface area contributed by atoms with Gasteiger partial charge in [-0.25, -0.2) is 19.9 Å². The van der Waals surface area contributed by atoms with Gasteiger partial charge in [0.05, 0.1) is 28.7 Å². The van der Waals surface area contributed by atoms with Gasteiger partial charge in [-0.1, -0.05) is 6.07 Å². The summed E-state index contributed by atoms with van der Waals surface area (Å²) >= 11 is 1.61. The van der Waals surface area contributed by atoms with Gasteiger partial charge in [0.2, 0.25) is 0 Å². The first-order valence-electron chi connectivity index (χ1n) is 9.71. The van der Waals surface area contributed by atoms with Crippen molar-refractivity contribution in [2.24, 2.45) is 0 Å². The largest absolute Gasteiger partial charge is 0.330 e. The van der Waals surface area contributed by atoms with Gasteiger partial charge in [0.1, 0.15) is 11.6 Å². The van der Waals surface area contributed by atoms with Gasteiger partial charge in [-0.2, -0.15) is 0 Å². The average Bonchev–Trinajstić information content (AvgIpc) is 3.28. The molecule has 1 saturated heterocycles. The summed E-state index contributed by atoms with van der Waals surface area (Å²) in [6.45, 7) is 8.45. The summed E-state index contributed by atoms with van der Waals surface area (Å²) in [4.78, 5) is 34.1. The smallest absolute Gasteiger partial charge is 0.257 e. The van der Waals surface area contributed by atoms with Crippen molar-refractivity contribution in [2.45, 2.75) is 46.6 Å². The van der Waals surface area contributed by atoms with E-state index in [1.54, 1.807) is 17.5 Å². The number of aromatic nitrogens is 4. The van der Waals surface area contributed by atoms with Crippen molar-refractivity contribution in [1.29, 1.82) is 0 Å². The van der Waals surface area contributed by atoms with Crippen LogP contribution in [0.2, 0.25) is 0 Å². The molecule has 1 N–H and O–H groups in total. The zero-order valence-corrected chi connectivity index (χ0v) is 17.9. The van der Waals surface area contributed by atoms with Gasteiger partial charge < -0.3 is 10.2 Å². The van der Waals surface area contributed by atoms with E-state index in [-0.39, 0.29) is 11.9 Å². The summed E-state index contributed by atoms with van der Waals surface area (Å²) in [6.07, 6.45) is 3.48. The van der Waals surface area contributed by atoms with Gasteiger partial charge >= 0.3 is 0 Å². The monoisotopic (exact) mass is 408 g/mol. The zero-order valence-electron chi connectivity index (χ0n) is 17.1. The first-order valence-corrected chi connectivity index (χ1v) is 10.5. The first kappa shape index (κ1) is 19.4. The number of thiazole rings is 1. The Kier molecular flexibility index (Phi) is 5.27. The summed E-state index contributed by atoms with van der Waals surface area (Å²) in [6, 6.07) is 5.83. The maximum atomic E-state index is 13.2. The lowest BCUT2D eigenvalue weighted by Gasteiger charge is -2.25. The molecule has 0 aromatic carbocycles. The van der Waals surface area contributed by atoms with E-state index in [1.807, 2.05) is 43.9 Å². The maximum Gasteiger partial charge on any atom is 0.257 e.